The van der Waals surface area contributed by atoms with Gasteiger partial charge in [-0.15, -0.1) is 0 Å². The molecule has 0 unspecified atom stereocenters. The number of nitrogens with zero attached hydrogens (tertiary/aromatic N) is 2. The van der Waals surface area contributed by atoms with Gasteiger partial charge in [0.25, 0.3) is 5.69 Å². The lowest BCUT2D eigenvalue weighted by Gasteiger charge is -2.32. The number of anilines is 2. The number of non-ortho nitro benzene ring substituents is 1. The lowest BCUT2D eigenvalue weighted by atomic mass is 9.86. The van der Waals surface area contributed by atoms with E-state index in [9.17, 15) is 10.1 Å². The third kappa shape index (κ3) is 2.46. The number of fused-ring (bicyclic) bond motifs is 2. The number of rotatable bonds is 2. The van der Waals surface area contributed by atoms with Crippen molar-refractivity contribution in [1.29, 1.82) is 0 Å². The van der Waals surface area contributed by atoms with Crippen molar-refractivity contribution in [2.24, 2.45) is 0 Å². The molecule has 0 bridgehead atoms. The van der Waals surface area contributed by atoms with E-state index >= 15 is 0 Å². The van der Waals surface area contributed by atoms with Gasteiger partial charge in [-0.2, -0.15) is 0 Å². The minimum Gasteiger partial charge on any atom is -0.344 e. The van der Waals surface area contributed by atoms with Crippen LogP contribution in [0.1, 0.15) is 22.3 Å². The molecule has 0 spiro atoms. The van der Waals surface area contributed by atoms with Crippen LogP contribution < -0.4 is 4.90 Å². The molecule has 0 radical (unpaired) electrons. The molecule has 0 fully saturated rings. The Kier molecular flexibility index (Phi) is 3.76. The lowest BCUT2D eigenvalue weighted by molar-refractivity contribution is -0.384. The lowest BCUT2D eigenvalue weighted by Crippen LogP contribution is -2.19. The Morgan fingerprint density at radius 1 is 0.962 bits per heavy atom. The molecule has 0 aliphatic carbocycles. The first-order chi connectivity index (χ1) is 12.5. The maximum absolute atomic E-state index is 11.2. The number of benzene rings is 3. The van der Waals surface area contributed by atoms with E-state index in [1.165, 1.54) is 22.5 Å². The second-order valence-electron chi connectivity index (χ2n) is 6.88. The molecular formula is C22H20N2O2. The van der Waals surface area contributed by atoms with E-state index in [0.29, 0.717) is 0 Å². The molecule has 3 aromatic rings. The minimum absolute atomic E-state index is 0.149. The monoisotopic (exact) mass is 344 g/mol. The zero-order chi connectivity index (χ0) is 18.4. The van der Waals surface area contributed by atoms with Crippen LogP contribution in [0.4, 0.5) is 17.1 Å². The molecule has 4 nitrogen and oxygen atoms in total. The summed E-state index contributed by atoms with van der Waals surface area (Å²) in [6.45, 7) is 3.91. The fraction of sp³-hybridized carbons (Fsp3) is 0.182. The van der Waals surface area contributed by atoms with Crippen LogP contribution >= 0.6 is 0 Å². The molecule has 0 saturated carbocycles. The van der Waals surface area contributed by atoms with E-state index in [2.05, 4.69) is 54.4 Å². The zero-order valence-corrected chi connectivity index (χ0v) is 15.1. The predicted molar refractivity (Wildman–Crippen MR) is 105 cm³/mol. The van der Waals surface area contributed by atoms with Crippen LogP contribution in [0.3, 0.4) is 0 Å². The standard InChI is InChI=1S/C22H20N2O2/c1-14-11-17(24(25)26)12-15(2)22(14)18-8-6-10-21-19(18)13-16-7-4-5-9-20(16)23(21)3/h4-12H,13H2,1-3H3. The zero-order valence-electron chi connectivity index (χ0n) is 15.1. The normalized spacial score (nSPS) is 12.5. The molecule has 1 aliphatic rings. The number of nitro groups is 1. The first-order valence-corrected chi connectivity index (χ1v) is 8.67. The van der Waals surface area contributed by atoms with E-state index in [1.807, 2.05) is 13.8 Å². The van der Waals surface area contributed by atoms with Gasteiger partial charge in [0.15, 0.2) is 0 Å². The van der Waals surface area contributed by atoms with Crippen LogP contribution in [0.25, 0.3) is 11.1 Å². The molecule has 1 aliphatic heterocycles. The number of hydrogen-bond donors (Lipinski definition) is 0. The van der Waals surface area contributed by atoms with Gasteiger partial charge in [0.05, 0.1) is 4.92 Å². The quantitative estimate of drug-likeness (QED) is 0.452. The number of hydrogen-bond acceptors (Lipinski definition) is 3. The van der Waals surface area contributed by atoms with Gasteiger partial charge in [-0.3, -0.25) is 10.1 Å². The van der Waals surface area contributed by atoms with Crippen molar-refractivity contribution >= 4 is 17.1 Å². The first kappa shape index (κ1) is 16.3. The summed E-state index contributed by atoms with van der Waals surface area (Å²) in [5, 5.41) is 11.2. The fourth-order valence-electron chi connectivity index (χ4n) is 4.09. The van der Waals surface area contributed by atoms with Crippen LogP contribution in [0.15, 0.2) is 54.6 Å². The molecule has 26 heavy (non-hydrogen) atoms. The van der Waals surface area contributed by atoms with Gasteiger partial charge in [0.1, 0.15) is 0 Å². The Morgan fingerprint density at radius 2 is 1.62 bits per heavy atom. The first-order valence-electron chi connectivity index (χ1n) is 8.67. The number of aryl methyl sites for hydroxylation is 2. The van der Waals surface area contributed by atoms with Gasteiger partial charge in [-0.1, -0.05) is 30.3 Å². The van der Waals surface area contributed by atoms with Crippen molar-refractivity contribution in [2.75, 3.05) is 11.9 Å². The highest BCUT2D eigenvalue weighted by molar-refractivity contribution is 5.84. The minimum atomic E-state index is -0.325. The van der Waals surface area contributed by atoms with E-state index in [-0.39, 0.29) is 10.6 Å². The average molecular weight is 344 g/mol. The van der Waals surface area contributed by atoms with Crippen molar-refractivity contribution in [3.8, 4) is 11.1 Å². The summed E-state index contributed by atoms with van der Waals surface area (Å²) in [5.41, 5.74) is 9.27. The Labute approximate surface area is 152 Å². The summed E-state index contributed by atoms with van der Waals surface area (Å²) in [7, 11) is 2.09. The fourth-order valence-corrected chi connectivity index (χ4v) is 4.09. The molecule has 3 aromatic carbocycles. The maximum atomic E-state index is 11.2. The molecule has 0 saturated heterocycles. The van der Waals surface area contributed by atoms with E-state index in [1.54, 1.807) is 12.1 Å². The van der Waals surface area contributed by atoms with Gasteiger partial charge < -0.3 is 4.90 Å². The molecule has 0 aromatic heterocycles. The molecular weight excluding hydrogens is 324 g/mol. The highest BCUT2D eigenvalue weighted by Crippen LogP contribution is 2.43. The van der Waals surface area contributed by atoms with Crippen molar-refractivity contribution in [3.05, 3.63) is 87.0 Å². The van der Waals surface area contributed by atoms with Crippen LogP contribution in [0, 0.1) is 24.0 Å². The summed E-state index contributed by atoms with van der Waals surface area (Å²) in [5.74, 6) is 0. The molecule has 4 rings (SSSR count). The van der Waals surface area contributed by atoms with Gasteiger partial charge in [-0.25, -0.2) is 0 Å². The highest BCUT2D eigenvalue weighted by Gasteiger charge is 2.24. The van der Waals surface area contributed by atoms with Crippen molar-refractivity contribution in [1.82, 2.24) is 0 Å². The van der Waals surface area contributed by atoms with Crippen LogP contribution in [-0.2, 0) is 6.42 Å². The smallest absolute Gasteiger partial charge is 0.269 e. The number of nitro benzene ring substituents is 1. The summed E-state index contributed by atoms with van der Waals surface area (Å²) in [6.07, 6.45) is 0.863. The predicted octanol–water partition coefficient (Wildman–Crippen LogP) is 5.55. The summed E-state index contributed by atoms with van der Waals surface area (Å²) in [6, 6.07) is 18.1. The van der Waals surface area contributed by atoms with Gasteiger partial charge in [-0.05, 0) is 59.4 Å². The van der Waals surface area contributed by atoms with Crippen LogP contribution in [0.5, 0.6) is 0 Å². The van der Waals surface area contributed by atoms with Gasteiger partial charge >= 0.3 is 0 Å². The van der Waals surface area contributed by atoms with Crippen LogP contribution in [0.2, 0.25) is 0 Å². The van der Waals surface area contributed by atoms with E-state index < -0.39 is 0 Å². The third-order valence-corrected chi connectivity index (χ3v) is 5.23. The molecule has 4 heteroatoms. The molecule has 0 amide bonds. The largest absolute Gasteiger partial charge is 0.344 e. The molecule has 130 valence electrons. The summed E-state index contributed by atoms with van der Waals surface area (Å²) >= 11 is 0. The second kappa shape index (κ2) is 5.99. The average Bonchev–Trinajstić information content (AvgIpc) is 2.62. The SMILES string of the molecule is Cc1cc([N+](=O)[O-])cc(C)c1-c1cccc2c1Cc1ccccc1N2C. The maximum Gasteiger partial charge on any atom is 0.269 e. The Bertz CT molecular complexity index is 1020. The molecule has 1 heterocycles. The summed E-state index contributed by atoms with van der Waals surface area (Å²) < 4.78 is 0. The highest BCUT2D eigenvalue weighted by atomic mass is 16.6. The molecule has 0 N–H and O–H groups in total. The van der Waals surface area contributed by atoms with E-state index in [4.69, 9.17) is 0 Å². The van der Waals surface area contributed by atoms with Crippen molar-refractivity contribution in [2.45, 2.75) is 20.3 Å². The topological polar surface area (TPSA) is 46.4 Å². The van der Waals surface area contributed by atoms with Crippen LogP contribution in [-0.4, -0.2) is 12.0 Å². The Hall–Kier alpha value is -3.14. The van der Waals surface area contributed by atoms with Gasteiger partial charge in [0, 0.05) is 37.0 Å². The Balaban J connectivity index is 1.92. The second-order valence-corrected chi connectivity index (χ2v) is 6.88. The Morgan fingerprint density at radius 3 is 2.31 bits per heavy atom. The van der Waals surface area contributed by atoms with Crippen molar-refractivity contribution < 1.29 is 4.92 Å². The van der Waals surface area contributed by atoms with Gasteiger partial charge in [0.2, 0.25) is 0 Å². The third-order valence-electron chi connectivity index (χ3n) is 5.23. The molecule has 0 atom stereocenters. The van der Waals surface area contributed by atoms with E-state index in [0.717, 1.165) is 28.7 Å². The van der Waals surface area contributed by atoms with Crippen molar-refractivity contribution in [3.63, 3.8) is 0 Å². The summed E-state index contributed by atoms with van der Waals surface area (Å²) in [4.78, 5) is 13.1. The number of para-hydroxylation sites is 1.